The van der Waals surface area contributed by atoms with Crippen molar-refractivity contribution in [3.05, 3.63) is 65.7 Å². The molecular weight excluding hydrogens is 302 g/mol. The van der Waals surface area contributed by atoms with Crippen molar-refractivity contribution in [1.29, 1.82) is 0 Å². The van der Waals surface area contributed by atoms with Crippen LogP contribution in [0.1, 0.15) is 36.2 Å². The van der Waals surface area contributed by atoms with E-state index in [1.165, 1.54) is 5.56 Å². The number of amides is 1. The smallest absolute Gasteiger partial charge is 0.255 e. The van der Waals surface area contributed by atoms with E-state index >= 15 is 0 Å². The zero-order valence-electron chi connectivity index (χ0n) is 14.3. The van der Waals surface area contributed by atoms with Crippen molar-refractivity contribution >= 4 is 5.91 Å². The number of para-hydroxylation sites is 1. The summed E-state index contributed by atoms with van der Waals surface area (Å²) in [5.41, 5.74) is 0.690. The number of benzene rings is 2. The highest BCUT2D eigenvalue weighted by Crippen LogP contribution is 2.18. The van der Waals surface area contributed by atoms with Crippen LogP contribution in [0.3, 0.4) is 0 Å². The van der Waals surface area contributed by atoms with Gasteiger partial charge in [-0.3, -0.25) is 4.79 Å². The van der Waals surface area contributed by atoms with Crippen molar-refractivity contribution in [3.63, 3.8) is 0 Å². The van der Waals surface area contributed by atoms with Gasteiger partial charge in [-0.05, 0) is 44.4 Å². The molecule has 1 unspecified atom stereocenters. The van der Waals surface area contributed by atoms with Crippen molar-refractivity contribution < 1.29 is 14.6 Å². The summed E-state index contributed by atoms with van der Waals surface area (Å²) in [7, 11) is 0. The molecule has 2 N–H and O–H groups in total. The number of rotatable bonds is 8. The number of ether oxygens (including phenoxy) is 1. The number of carbonyl (C=O) groups is 1. The fourth-order valence-corrected chi connectivity index (χ4v) is 2.45. The normalized spacial score (nSPS) is 13.1. The third-order valence-electron chi connectivity index (χ3n) is 3.86. The van der Waals surface area contributed by atoms with Crippen molar-refractivity contribution in [2.75, 3.05) is 13.2 Å². The third kappa shape index (κ3) is 5.39. The highest BCUT2D eigenvalue weighted by molar-refractivity contribution is 5.96. The molecule has 4 heteroatoms. The summed E-state index contributed by atoms with van der Waals surface area (Å²) in [6.45, 7) is 4.31. The van der Waals surface area contributed by atoms with Crippen molar-refractivity contribution in [3.8, 4) is 5.75 Å². The predicted octanol–water partition coefficient (Wildman–Crippen LogP) is 3.20. The lowest BCUT2D eigenvalue weighted by molar-refractivity contribution is 0.0477. The standard InChI is InChI=1S/C20H25NO3/c1-3-24-18-12-8-7-11-17(18)19(22)21-15-20(2,23)14-13-16-9-5-4-6-10-16/h4-12,23H,3,13-15H2,1-2H3,(H,21,22). The van der Waals surface area contributed by atoms with Crippen LogP contribution < -0.4 is 10.1 Å². The largest absolute Gasteiger partial charge is 0.493 e. The Morgan fingerprint density at radius 1 is 1.12 bits per heavy atom. The van der Waals surface area contributed by atoms with E-state index in [2.05, 4.69) is 5.32 Å². The second-order valence-corrected chi connectivity index (χ2v) is 6.09. The molecule has 2 aromatic carbocycles. The molecule has 0 heterocycles. The summed E-state index contributed by atoms with van der Waals surface area (Å²) >= 11 is 0. The summed E-state index contributed by atoms with van der Waals surface area (Å²) in [5, 5.41) is 13.3. The van der Waals surface area contributed by atoms with Gasteiger partial charge < -0.3 is 15.2 Å². The summed E-state index contributed by atoms with van der Waals surface area (Å²) < 4.78 is 5.47. The van der Waals surface area contributed by atoms with Crippen LogP contribution in [0.4, 0.5) is 0 Å². The molecule has 4 nitrogen and oxygen atoms in total. The van der Waals surface area contributed by atoms with Crippen LogP contribution in [0, 0.1) is 0 Å². The van der Waals surface area contributed by atoms with Crippen LogP contribution in [-0.4, -0.2) is 29.8 Å². The van der Waals surface area contributed by atoms with E-state index in [0.29, 0.717) is 24.3 Å². The van der Waals surface area contributed by atoms with Gasteiger partial charge in [-0.2, -0.15) is 0 Å². The molecule has 24 heavy (non-hydrogen) atoms. The summed E-state index contributed by atoms with van der Waals surface area (Å²) in [6.07, 6.45) is 1.34. The van der Waals surface area contributed by atoms with Crippen LogP contribution in [0.5, 0.6) is 5.75 Å². The SMILES string of the molecule is CCOc1ccccc1C(=O)NCC(C)(O)CCc1ccccc1. The van der Waals surface area contributed by atoms with Gasteiger partial charge >= 0.3 is 0 Å². The first-order valence-corrected chi connectivity index (χ1v) is 8.28. The third-order valence-corrected chi connectivity index (χ3v) is 3.86. The molecule has 0 aromatic heterocycles. The number of aryl methyl sites for hydroxylation is 1. The minimum Gasteiger partial charge on any atom is -0.493 e. The highest BCUT2D eigenvalue weighted by Gasteiger charge is 2.22. The zero-order chi connectivity index (χ0) is 17.4. The maximum Gasteiger partial charge on any atom is 0.255 e. The Kier molecular flexibility index (Phi) is 6.38. The monoisotopic (exact) mass is 327 g/mol. The molecule has 0 aliphatic heterocycles. The van der Waals surface area contributed by atoms with E-state index in [-0.39, 0.29) is 12.5 Å². The summed E-state index contributed by atoms with van der Waals surface area (Å²) in [5.74, 6) is 0.320. The van der Waals surface area contributed by atoms with E-state index in [1.807, 2.05) is 43.3 Å². The number of aliphatic hydroxyl groups is 1. The second-order valence-electron chi connectivity index (χ2n) is 6.09. The van der Waals surface area contributed by atoms with Crippen molar-refractivity contribution in [2.24, 2.45) is 0 Å². The zero-order valence-corrected chi connectivity index (χ0v) is 14.3. The average Bonchev–Trinajstić information content (AvgIpc) is 2.60. The molecule has 0 aliphatic rings. The minimum atomic E-state index is -0.966. The maximum absolute atomic E-state index is 12.4. The number of carbonyl (C=O) groups excluding carboxylic acids is 1. The molecule has 2 aromatic rings. The molecule has 0 radical (unpaired) electrons. The Bertz CT molecular complexity index is 653. The lowest BCUT2D eigenvalue weighted by atomic mass is 9.96. The van der Waals surface area contributed by atoms with Crippen molar-refractivity contribution in [1.82, 2.24) is 5.32 Å². The first-order chi connectivity index (χ1) is 11.5. The van der Waals surface area contributed by atoms with Crippen molar-refractivity contribution in [2.45, 2.75) is 32.3 Å². The number of hydrogen-bond donors (Lipinski definition) is 2. The topological polar surface area (TPSA) is 58.6 Å². The Balaban J connectivity index is 1.90. The van der Waals surface area contributed by atoms with Gasteiger partial charge in [0.15, 0.2) is 0 Å². The molecule has 2 rings (SSSR count). The molecule has 1 atom stereocenters. The maximum atomic E-state index is 12.4. The molecular formula is C20H25NO3. The second kappa shape index (κ2) is 8.50. The van der Waals surface area contributed by atoms with E-state index in [4.69, 9.17) is 4.74 Å². The average molecular weight is 327 g/mol. The summed E-state index contributed by atoms with van der Waals surface area (Å²) in [6, 6.07) is 17.1. The lowest BCUT2D eigenvalue weighted by Gasteiger charge is -2.24. The van der Waals surface area contributed by atoms with Crippen LogP contribution in [0.2, 0.25) is 0 Å². The highest BCUT2D eigenvalue weighted by atomic mass is 16.5. The Morgan fingerprint density at radius 2 is 1.79 bits per heavy atom. The molecule has 0 spiro atoms. The van der Waals surface area contributed by atoms with E-state index in [1.54, 1.807) is 25.1 Å². The fourth-order valence-electron chi connectivity index (χ4n) is 2.45. The number of nitrogens with one attached hydrogen (secondary N) is 1. The lowest BCUT2D eigenvalue weighted by Crippen LogP contribution is -2.41. The van der Waals surface area contributed by atoms with E-state index < -0.39 is 5.60 Å². The van der Waals surface area contributed by atoms with Gasteiger partial charge in [0.2, 0.25) is 0 Å². The van der Waals surface area contributed by atoms with Gasteiger partial charge in [-0.25, -0.2) is 0 Å². The molecule has 0 fully saturated rings. The molecule has 128 valence electrons. The fraction of sp³-hybridized carbons (Fsp3) is 0.350. The number of hydrogen-bond acceptors (Lipinski definition) is 3. The van der Waals surface area contributed by atoms with Crippen LogP contribution in [-0.2, 0) is 6.42 Å². The van der Waals surface area contributed by atoms with Gasteiger partial charge in [0.25, 0.3) is 5.91 Å². The first-order valence-electron chi connectivity index (χ1n) is 8.28. The van der Waals surface area contributed by atoms with Gasteiger partial charge in [-0.1, -0.05) is 42.5 Å². The summed E-state index contributed by atoms with van der Waals surface area (Å²) in [4.78, 5) is 12.4. The Hall–Kier alpha value is -2.33. The first kappa shape index (κ1) is 18.0. The van der Waals surface area contributed by atoms with Gasteiger partial charge in [0.1, 0.15) is 5.75 Å². The van der Waals surface area contributed by atoms with E-state index in [0.717, 1.165) is 6.42 Å². The van der Waals surface area contributed by atoms with Gasteiger partial charge in [0.05, 0.1) is 17.8 Å². The van der Waals surface area contributed by atoms with Crippen LogP contribution >= 0.6 is 0 Å². The molecule has 0 saturated carbocycles. The quantitative estimate of drug-likeness (QED) is 0.783. The van der Waals surface area contributed by atoms with Gasteiger partial charge in [-0.15, -0.1) is 0 Å². The molecule has 0 saturated heterocycles. The van der Waals surface area contributed by atoms with Crippen LogP contribution in [0.25, 0.3) is 0 Å². The molecule has 0 aliphatic carbocycles. The Morgan fingerprint density at radius 3 is 2.50 bits per heavy atom. The Labute approximate surface area is 143 Å². The molecule has 0 bridgehead atoms. The van der Waals surface area contributed by atoms with Crippen LogP contribution in [0.15, 0.2) is 54.6 Å². The van der Waals surface area contributed by atoms with Gasteiger partial charge in [0, 0.05) is 6.54 Å². The van der Waals surface area contributed by atoms with E-state index in [9.17, 15) is 9.90 Å². The minimum absolute atomic E-state index is 0.194. The molecule has 1 amide bonds. The predicted molar refractivity (Wildman–Crippen MR) is 95.3 cm³/mol.